The minimum absolute atomic E-state index is 0. The largest absolute Gasteiger partial charge is 0.412 e. The summed E-state index contributed by atoms with van der Waals surface area (Å²) in [4.78, 5) is 0. The van der Waals surface area contributed by atoms with Gasteiger partial charge in [0.25, 0.3) is 0 Å². The summed E-state index contributed by atoms with van der Waals surface area (Å²) in [6.45, 7) is 0. The molecule has 0 atom stereocenters. The number of hydrogen-bond donors (Lipinski definition) is 0. The van der Waals surface area contributed by atoms with E-state index in [2.05, 4.69) is 0 Å². The molecule has 0 aromatic rings. The van der Waals surface area contributed by atoms with Gasteiger partial charge in [-0.15, -0.1) is 0 Å². The molecule has 0 bridgehead atoms. The Labute approximate surface area is 111 Å². The molecule has 12 N–H and O–H groups in total. The van der Waals surface area contributed by atoms with Crippen molar-refractivity contribution in [2.45, 2.75) is 0 Å². The van der Waals surface area contributed by atoms with Crippen LogP contribution in [0.25, 0.3) is 0 Å². The Hall–Kier alpha value is 2.45. The van der Waals surface area contributed by atoms with Gasteiger partial charge in [0.05, 0.1) is 0 Å². The number of hydrogen-bond acceptors (Lipinski definition) is 0. The van der Waals surface area contributed by atoms with Gasteiger partial charge in [0.2, 0.25) is 0 Å². The van der Waals surface area contributed by atoms with Gasteiger partial charge < -0.3 is 32.9 Å². The smallest absolute Gasteiger partial charge is 0 e. The van der Waals surface area contributed by atoms with Crippen molar-refractivity contribution in [2.24, 2.45) is 0 Å². The van der Waals surface area contributed by atoms with Gasteiger partial charge in [-0.1, -0.05) is 0 Å². The Morgan fingerprint density at radius 1 is 0.333 bits per heavy atom. The standard InChI is InChI=1S/Mo.2Na.6H2O/h;;;6*1H2. The zero-order chi connectivity index (χ0) is 0. The van der Waals surface area contributed by atoms with E-state index in [4.69, 9.17) is 0 Å². The first-order valence-electron chi connectivity index (χ1n) is 0. The van der Waals surface area contributed by atoms with Crippen molar-refractivity contribution < 1.29 is 53.9 Å². The first-order valence-corrected chi connectivity index (χ1v) is 0. The molecule has 0 aromatic carbocycles. The summed E-state index contributed by atoms with van der Waals surface area (Å²) in [6.07, 6.45) is 0. The molecule has 0 aliphatic carbocycles. The first-order chi connectivity index (χ1) is 0. The molecule has 9 heteroatoms. The molecule has 0 unspecified atom stereocenters. The molecule has 0 fully saturated rings. The average molecular weight is 250 g/mol. The zero-order valence-corrected chi connectivity index (χ0v) is 11.4. The van der Waals surface area contributed by atoms with E-state index in [-0.39, 0.29) is 113 Å². The van der Waals surface area contributed by atoms with Crippen LogP contribution in [0.5, 0.6) is 0 Å². The molecule has 0 rings (SSSR count). The second-order valence-corrected chi connectivity index (χ2v) is 0. The first kappa shape index (κ1) is 208. The fourth-order valence-corrected chi connectivity index (χ4v) is 0. The van der Waals surface area contributed by atoms with E-state index in [0.717, 1.165) is 0 Å². The van der Waals surface area contributed by atoms with Crippen LogP contribution in [0.2, 0.25) is 0 Å². The molecule has 6 nitrogen and oxygen atoms in total. The van der Waals surface area contributed by atoms with Crippen LogP contribution in [0.4, 0.5) is 0 Å². The fraction of sp³-hybridized carbons (Fsp3) is 0. The minimum Gasteiger partial charge on any atom is -0.412 e. The summed E-state index contributed by atoms with van der Waals surface area (Å²) in [7, 11) is 0. The van der Waals surface area contributed by atoms with Gasteiger partial charge >= 0.3 is 0 Å². The molecule has 0 amide bonds. The van der Waals surface area contributed by atoms with Crippen LogP contribution in [-0.4, -0.2) is 92.0 Å². The number of rotatable bonds is 0. The molecular weight excluding hydrogens is 238 g/mol. The quantitative estimate of drug-likeness (QED) is 0.370. The summed E-state index contributed by atoms with van der Waals surface area (Å²) >= 11 is 0. The predicted octanol–water partition coefficient (Wildman–Crippen LogP) is -5.71. The zero-order valence-electron chi connectivity index (χ0n) is 5.41. The van der Waals surface area contributed by atoms with Gasteiger partial charge in [-0.2, -0.15) is 0 Å². The van der Waals surface area contributed by atoms with Crippen molar-refractivity contribution in [3.63, 3.8) is 0 Å². The van der Waals surface area contributed by atoms with Crippen LogP contribution in [0.3, 0.4) is 0 Å². The van der Waals surface area contributed by atoms with Crippen molar-refractivity contribution in [3.8, 4) is 0 Å². The minimum atomic E-state index is 0. The summed E-state index contributed by atoms with van der Waals surface area (Å²) < 4.78 is 0. The molecule has 0 spiro atoms. The van der Waals surface area contributed by atoms with Gasteiger partial charge in [-0.25, -0.2) is 0 Å². The van der Waals surface area contributed by atoms with E-state index in [1.54, 1.807) is 0 Å². The van der Waals surface area contributed by atoms with Crippen molar-refractivity contribution in [1.82, 2.24) is 0 Å². The molecule has 56 valence electrons. The predicted molar refractivity (Wildman–Crippen MR) is 33.2 cm³/mol. The second kappa shape index (κ2) is 156. The Kier molecular flexibility index (Phi) is 3600. The summed E-state index contributed by atoms with van der Waals surface area (Å²) in [6, 6.07) is 0. The van der Waals surface area contributed by atoms with Crippen molar-refractivity contribution in [3.05, 3.63) is 0 Å². The molecule has 2 radical (unpaired) electrons. The van der Waals surface area contributed by atoms with Crippen molar-refractivity contribution >= 4 is 59.1 Å². The fourth-order valence-electron chi connectivity index (χ4n) is 0. The summed E-state index contributed by atoms with van der Waals surface area (Å²) in [5, 5.41) is 0. The molecule has 0 saturated heterocycles. The van der Waals surface area contributed by atoms with E-state index in [1.165, 1.54) is 0 Å². The summed E-state index contributed by atoms with van der Waals surface area (Å²) in [5.74, 6) is 0. The molecule has 0 aromatic heterocycles. The Bertz CT molecular complexity index is 11.0. The molecule has 0 saturated carbocycles. The van der Waals surface area contributed by atoms with E-state index in [1.807, 2.05) is 0 Å². The van der Waals surface area contributed by atoms with Crippen LogP contribution in [-0.2, 0) is 21.1 Å². The van der Waals surface area contributed by atoms with E-state index >= 15 is 0 Å². The van der Waals surface area contributed by atoms with Crippen LogP contribution >= 0.6 is 0 Å². The molecule has 0 aliphatic rings. The van der Waals surface area contributed by atoms with Gasteiger partial charge in [0.15, 0.2) is 0 Å². The van der Waals surface area contributed by atoms with Gasteiger partial charge in [0.1, 0.15) is 0 Å². The molecule has 9 heavy (non-hydrogen) atoms. The maximum Gasteiger partial charge on any atom is 0 e. The third kappa shape index (κ3) is 124. The van der Waals surface area contributed by atoms with Crippen LogP contribution in [0.15, 0.2) is 0 Å². The average Bonchev–Trinajstić information content (AvgIpc) is 0. The van der Waals surface area contributed by atoms with Crippen LogP contribution < -0.4 is 0 Å². The third-order valence-electron chi connectivity index (χ3n) is 0. The van der Waals surface area contributed by atoms with E-state index in [0.29, 0.717) is 0 Å². The van der Waals surface area contributed by atoms with Crippen LogP contribution in [0, 0.1) is 0 Å². The summed E-state index contributed by atoms with van der Waals surface area (Å²) in [5.41, 5.74) is 0. The van der Waals surface area contributed by atoms with Gasteiger partial charge in [-0.3, -0.25) is 0 Å². The van der Waals surface area contributed by atoms with Crippen molar-refractivity contribution in [1.29, 1.82) is 0 Å². The maximum absolute atomic E-state index is 0. The second-order valence-electron chi connectivity index (χ2n) is 0. The monoisotopic (exact) mass is 252 g/mol. The molecule has 0 aliphatic heterocycles. The maximum atomic E-state index is 0. The third-order valence-corrected chi connectivity index (χ3v) is 0. The Morgan fingerprint density at radius 2 is 0.333 bits per heavy atom. The van der Waals surface area contributed by atoms with E-state index < -0.39 is 0 Å². The van der Waals surface area contributed by atoms with Gasteiger partial charge in [-0.05, 0) is 0 Å². The normalized spacial score (nSPS) is 0. The SMILES string of the molecule is O.O.O.O.O.O.[Mo].[Na].[Na]. The van der Waals surface area contributed by atoms with E-state index in [9.17, 15) is 0 Å². The topological polar surface area (TPSA) is 189 Å². The Morgan fingerprint density at radius 3 is 0.333 bits per heavy atom. The molecule has 0 heterocycles. The van der Waals surface area contributed by atoms with Crippen LogP contribution in [0.1, 0.15) is 0 Å². The Balaban J connectivity index is 0. The van der Waals surface area contributed by atoms with Crippen molar-refractivity contribution in [2.75, 3.05) is 0 Å². The molecular formula is H12MoNa2O6. The van der Waals surface area contributed by atoms with Gasteiger partial charge in [0, 0.05) is 80.2 Å².